The fraction of sp³-hybridized carbons (Fsp3) is 1.00. The Hall–Kier alpha value is 0.160. The van der Waals surface area contributed by atoms with Crippen molar-refractivity contribution in [1.29, 1.82) is 0 Å². The van der Waals surface area contributed by atoms with Crippen molar-refractivity contribution in [3.8, 4) is 0 Å². The van der Waals surface area contributed by atoms with Crippen LogP contribution >= 0.6 is 11.6 Å². The number of nitrogens with zero attached hydrogens (tertiary/aromatic N) is 1. The lowest BCUT2D eigenvalue weighted by Crippen LogP contribution is -2.52. The minimum Gasteiger partial charge on any atom is -0.195 e. The zero-order chi connectivity index (χ0) is 11.4. The Morgan fingerprint density at radius 3 is 1.93 bits per heavy atom. The fourth-order valence-corrected chi connectivity index (χ4v) is 2.59. The standard InChI is InChI=1S/C8H19ClN2O2S/c1-5-8(6-2,7-9)10-14(12,13)11(3)4/h10H,5-7H2,1-4H3. The van der Waals surface area contributed by atoms with Crippen molar-refractivity contribution >= 4 is 21.8 Å². The molecule has 0 aromatic heterocycles. The normalized spacial score (nSPS) is 13.6. The first-order valence-electron chi connectivity index (χ1n) is 4.61. The van der Waals surface area contributed by atoms with Crippen LogP contribution in [0, 0.1) is 0 Å². The molecule has 0 fully saturated rings. The average molecular weight is 243 g/mol. The van der Waals surface area contributed by atoms with Crippen LogP contribution in [0.3, 0.4) is 0 Å². The van der Waals surface area contributed by atoms with Crippen molar-refractivity contribution in [1.82, 2.24) is 9.03 Å². The average Bonchev–Trinajstić information content (AvgIpc) is 2.14. The first kappa shape index (κ1) is 14.2. The van der Waals surface area contributed by atoms with Crippen LogP contribution in [0.15, 0.2) is 0 Å². The molecular weight excluding hydrogens is 224 g/mol. The molecule has 0 spiro atoms. The van der Waals surface area contributed by atoms with E-state index in [-0.39, 0.29) is 5.88 Å². The van der Waals surface area contributed by atoms with Gasteiger partial charge in [-0.25, -0.2) is 0 Å². The summed E-state index contributed by atoms with van der Waals surface area (Å²) in [5.41, 5.74) is -0.523. The molecule has 0 unspecified atom stereocenters. The third-order valence-corrected chi connectivity index (χ3v) is 4.60. The van der Waals surface area contributed by atoms with Crippen LogP contribution in [0.1, 0.15) is 26.7 Å². The van der Waals surface area contributed by atoms with E-state index in [9.17, 15) is 8.42 Å². The van der Waals surface area contributed by atoms with Gasteiger partial charge in [0.25, 0.3) is 10.2 Å². The number of alkyl halides is 1. The molecule has 0 atom stereocenters. The minimum atomic E-state index is -3.39. The van der Waals surface area contributed by atoms with Crippen LogP contribution in [0.2, 0.25) is 0 Å². The molecule has 0 radical (unpaired) electrons. The first-order valence-corrected chi connectivity index (χ1v) is 6.58. The first-order chi connectivity index (χ1) is 6.33. The van der Waals surface area contributed by atoms with E-state index in [4.69, 9.17) is 11.6 Å². The van der Waals surface area contributed by atoms with Crippen LogP contribution in [0.5, 0.6) is 0 Å². The highest BCUT2D eigenvalue weighted by Gasteiger charge is 2.31. The number of hydrogen-bond acceptors (Lipinski definition) is 2. The van der Waals surface area contributed by atoms with E-state index in [1.165, 1.54) is 14.1 Å². The van der Waals surface area contributed by atoms with Crippen LogP contribution in [0.4, 0.5) is 0 Å². The summed E-state index contributed by atoms with van der Waals surface area (Å²) in [4.78, 5) is 0. The second kappa shape index (κ2) is 5.30. The van der Waals surface area contributed by atoms with Crippen molar-refractivity contribution in [2.45, 2.75) is 32.2 Å². The van der Waals surface area contributed by atoms with E-state index in [1.54, 1.807) is 0 Å². The topological polar surface area (TPSA) is 49.4 Å². The van der Waals surface area contributed by atoms with Gasteiger partial charge in [0, 0.05) is 25.5 Å². The molecule has 0 heterocycles. The Balaban J connectivity index is 4.78. The van der Waals surface area contributed by atoms with Gasteiger partial charge in [-0.1, -0.05) is 13.8 Å². The molecule has 0 bridgehead atoms. The summed E-state index contributed by atoms with van der Waals surface area (Å²) in [6, 6.07) is 0. The van der Waals surface area contributed by atoms with Gasteiger partial charge in [-0.2, -0.15) is 17.4 Å². The van der Waals surface area contributed by atoms with Gasteiger partial charge in [0.1, 0.15) is 0 Å². The summed E-state index contributed by atoms with van der Waals surface area (Å²) in [7, 11) is -0.408. The molecule has 1 N–H and O–H groups in total. The third kappa shape index (κ3) is 3.38. The third-order valence-electron chi connectivity index (χ3n) is 2.44. The minimum absolute atomic E-state index is 0.285. The van der Waals surface area contributed by atoms with Gasteiger partial charge in [-0.15, -0.1) is 11.6 Å². The van der Waals surface area contributed by atoms with E-state index < -0.39 is 15.7 Å². The van der Waals surface area contributed by atoms with Gasteiger partial charge in [-0.05, 0) is 12.8 Å². The number of nitrogens with one attached hydrogen (secondary N) is 1. The molecule has 0 aromatic rings. The zero-order valence-corrected chi connectivity index (χ0v) is 10.7. The summed E-state index contributed by atoms with van der Waals surface area (Å²) in [6.45, 7) is 3.84. The van der Waals surface area contributed by atoms with Crippen LogP contribution < -0.4 is 4.72 Å². The van der Waals surface area contributed by atoms with E-state index in [2.05, 4.69) is 4.72 Å². The van der Waals surface area contributed by atoms with E-state index in [0.29, 0.717) is 12.8 Å². The largest absolute Gasteiger partial charge is 0.279 e. The van der Waals surface area contributed by atoms with Crippen molar-refractivity contribution in [2.75, 3.05) is 20.0 Å². The van der Waals surface area contributed by atoms with E-state index >= 15 is 0 Å². The van der Waals surface area contributed by atoms with E-state index in [1.807, 2.05) is 13.8 Å². The summed E-state index contributed by atoms with van der Waals surface area (Å²) in [5.74, 6) is 0.285. The highest BCUT2D eigenvalue weighted by Crippen LogP contribution is 2.18. The summed E-state index contributed by atoms with van der Waals surface area (Å²) < 4.78 is 26.9. The SMILES string of the molecule is CCC(CC)(CCl)NS(=O)(=O)N(C)C. The molecule has 4 nitrogen and oxygen atoms in total. The monoisotopic (exact) mass is 242 g/mol. The Morgan fingerprint density at radius 2 is 1.71 bits per heavy atom. The lowest BCUT2D eigenvalue weighted by atomic mass is 9.97. The molecule has 0 aliphatic heterocycles. The Labute approximate surface area is 91.8 Å². The van der Waals surface area contributed by atoms with Gasteiger partial charge in [0.2, 0.25) is 0 Å². The van der Waals surface area contributed by atoms with Gasteiger partial charge >= 0.3 is 0 Å². The molecule has 0 saturated heterocycles. The van der Waals surface area contributed by atoms with Crippen LogP contribution in [-0.2, 0) is 10.2 Å². The Bertz CT molecular complexity index is 252. The van der Waals surface area contributed by atoms with Gasteiger partial charge < -0.3 is 0 Å². The van der Waals surface area contributed by atoms with Crippen molar-refractivity contribution in [2.24, 2.45) is 0 Å². The summed E-state index contributed by atoms with van der Waals surface area (Å²) >= 11 is 5.79. The predicted molar refractivity (Wildman–Crippen MR) is 59.8 cm³/mol. The molecule has 0 saturated carbocycles. The van der Waals surface area contributed by atoms with Gasteiger partial charge in [0.05, 0.1) is 0 Å². The lowest BCUT2D eigenvalue weighted by molar-refractivity contribution is 0.379. The maximum atomic E-state index is 11.6. The van der Waals surface area contributed by atoms with Crippen molar-refractivity contribution in [3.05, 3.63) is 0 Å². The van der Waals surface area contributed by atoms with Crippen molar-refractivity contribution < 1.29 is 8.42 Å². The predicted octanol–water partition coefficient (Wildman–Crippen LogP) is 1.18. The Morgan fingerprint density at radius 1 is 1.29 bits per heavy atom. The highest BCUT2D eigenvalue weighted by atomic mass is 35.5. The fourth-order valence-electron chi connectivity index (χ4n) is 0.975. The van der Waals surface area contributed by atoms with Gasteiger partial charge in [-0.3, -0.25) is 0 Å². The molecule has 0 amide bonds. The maximum absolute atomic E-state index is 11.6. The summed E-state index contributed by atoms with van der Waals surface area (Å²) in [6.07, 6.45) is 1.36. The molecule has 14 heavy (non-hydrogen) atoms. The second-order valence-electron chi connectivity index (χ2n) is 3.51. The molecule has 0 aliphatic carbocycles. The van der Waals surface area contributed by atoms with E-state index in [0.717, 1.165) is 4.31 Å². The Kier molecular flexibility index (Phi) is 5.36. The summed E-state index contributed by atoms with van der Waals surface area (Å²) in [5, 5.41) is 0. The zero-order valence-electron chi connectivity index (χ0n) is 9.17. The maximum Gasteiger partial charge on any atom is 0.279 e. The number of rotatable bonds is 6. The van der Waals surface area contributed by atoms with Crippen molar-refractivity contribution in [3.63, 3.8) is 0 Å². The number of hydrogen-bond donors (Lipinski definition) is 1. The highest BCUT2D eigenvalue weighted by molar-refractivity contribution is 7.87. The molecule has 6 heteroatoms. The second-order valence-corrected chi connectivity index (χ2v) is 5.66. The smallest absolute Gasteiger partial charge is 0.195 e. The van der Waals surface area contributed by atoms with Crippen LogP contribution in [0.25, 0.3) is 0 Å². The molecule has 0 aromatic carbocycles. The quantitative estimate of drug-likeness (QED) is 0.712. The molecule has 0 aliphatic rings. The molecule has 0 rings (SSSR count). The lowest BCUT2D eigenvalue weighted by Gasteiger charge is -2.31. The van der Waals surface area contributed by atoms with Gasteiger partial charge in [0.15, 0.2) is 0 Å². The molecular formula is C8H19ClN2O2S. The molecule has 86 valence electrons. The van der Waals surface area contributed by atoms with Crippen LogP contribution in [-0.4, -0.2) is 38.2 Å². The number of halogens is 1.